The first-order valence-corrected chi connectivity index (χ1v) is 11.1. The maximum absolute atomic E-state index is 13.5. The van der Waals surface area contributed by atoms with Gasteiger partial charge in [0.15, 0.2) is 0 Å². The van der Waals surface area contributed by atoms with Crippen molar-refractivity contribution >= 4 is 11.8 Å². The first-order chi connectivity index (χ1) is 15.6. The second kappa shape index (κ2) is 8.81. The quantitative estimate of drug-likeness (QED) is 0.662. The number of carbonyl (C=O) groups excluding carboxylic acids is 2. The van der Waals surface area contributed by atoms with Gasteiger partial charge in [0.05, 0.1) is 5.69 Å². The van der Waals surface area contributed by atoms with Gasteiger partial charge in [-0.2, -0.15) is 5.10 Å². The lowest BCUT2D eigenvalue weighted by molar-refractivity contribution is -0.127. The summed E-state index contributed by atoms with van der Waals surface area (Å²) in [5.74, 6) is -0.688. The molecule has 2 heterocycles. The second-order valence-electron chi connectivity index (χ2n) is 9.46. The van der Waals surface area contributed by atoms with Crippen LogP contribution in [0.2, 0.25) is 0 Å². The van der Waals surface area contributed by atoms with Crippen LogP contribution in [0.25, 0.3) is 11.1 Å². The Labute approximate surface area is 193 Å². The molecular formula is C26H29FN4O2. The van der Waals surface area contributed by atoms with Gasteiger partial charge in [-0.15, -0.1) is 0 Å². The van der Waals surface area contributed by atoms with E-state index in [1.54, 1.807) is 28.8 Å². The molecule has 1 N–H and O–H groups in total. The van der Waals surface area contributed by atoms with Crippen LogP contribution in [0.15, 0.2) is 54.6 Å². The summed E-state index contributed by atoms with van der Waals surface area (Å²) in [6, 6.07) is 15.2. The van der Waals surface area contributed by atoms with Gasteiger partial charge in [-0.3, -0.25) is 14.3 Å². The van der Waals surface area contributed by atoms with Gasteiger partial charge in [-0.05, 0) is 34.9 Å². The number of nitrogens with one attached hydrogen (secondary N) is 1. The molecule has 0 radical (unpaired) electrons. The van der Waals surface area contributed by atoms with Gasteiger partial charge in [0.1, 0.15) is 17.6 Å². The van der Waals surface area contributed by atoms with E-state index in [2.05, 4.69) is 10.4 Å². The fraction of sp³-hybridized carbons (Fsp3) is 0.346. The third kappa shape index (κ3) is 4.67. The summed E-state index contributed by atoms with van der Waals surface area (Å²) < 4.78 is 15.0. The second-order valence-corrected chi connectivity index (χ2v) is 9.46. The van der Waals surface area contributed by atoms with Gasteiger partial charge in [-0.1, -0.05) is 57.2 Å². The maximum Gasteiger partial charge on any atom is 0.272 e. The van der Waals surface area contributed by atoms with Gasteiger partial charge in [-0.25, -0.2) is 4.39 Å². The normalized spacial score (nSPS) is 16.6. The first kappa shape index (κ1) is 22.7. The van der Waals surface area contributed by atoms with Crippen molar-refractivity contribution in [2.24, 2.45) is 7.05 Å². The largest absolute Gasteiger partial charge is 0.353 e. The van der Waals surface area contributed by atoms with Crippen molar-refractivity contribution in [2.45, 2.75) is 38.6 Å². The van der Waals surface area contributed by atoms with E-state index in [9.17, 15) is 14.0 Å². The van der Waals surface area contributed by atoms with Crippen LogP contribution < -0.4 is 5.32 Å². The van der Waals surface area contributed by atoms with Crippen molar-refractivity contribution in [3.8, 4) is 11.1 Å². The van der Waals surface area contributed by atoms with Gasteiger partial charge in [0, 0.05) is 32.0 Å². The Hall–Kier alpha value is -3.48. The monoisotopic (exact) mass is 448 g/mol. The van der Waals surface area contributed by atoms with E-state index >= 15 is 0 Å². The number of aromatic nitrogens is 2. The van der Waals surface area contributed by atoms with Crippen LogP contribution in [0.5, 0.6) is 0 Å². The fourth-order valence-corrected chi connectivity index (χ4v) is 4.16. The van der Waals surface area contributed by atoms with E-state index in [1.165, 1.54) is 12.1 Å². The van der Waals surface area contributed by atoms with Crippen molar-refractivity contribution in [3.63, 3.8) is 0 Å². The molecule has 1 fully saturated rings. The molecule has 0 saturated carbocycles. The maximum atomic E-state index is 13.5. The lowest BCUT2D eigenvalue weighted by atomic mass is 9.92. The number of piperazine rings is 1. The predicted molar refractivity (Wildman–Crippen MR) is 125 cm³/mol. The molecule has 2 aromatic carbocycles. The Bertz CT molecular complexity index is 1180. The SMILES string of the molecule is Cn1nc(C(C)(C)C)cc1C(=O)N1CCNC(=O)C1Cc1ccccc1-c1ccc(F)cc1. The lowest BCUT2D eigenvalue weighted by Crippen LogP contribution is -2.58. The predicted octanol–water partition coefficient (Wildman–Crippen LogP) is 3.71. The Morgan fingerprint density at radius 1 is 1.15 bits per heavy atom. The summed E-state index contributed by atoms with van der Waals surface area (Å²) in [6.45, 7) is 6.97. The summed E-state index contributed by atoms with van der Waals surface area (Å²) in [4.78, 5) is 28.1. The lowest BCUT2D eigenvalue weighted by Gasteiger charge is -2.35. The molecule has 172 valence electrons. The van der Waals surface area contributed by atoms with Gasteiger partial charge in [0.2, 0.25) is 5.91 Å². The van der Waals surface area contributed by atoms with Crippen molar-refractivity contribution < 1.29 is 14.0 Å². The molecule has 1 aromatic heterocycles. The van der Waals surface area contributed by atoms with E-state index < -0.39 is 6.04 Å². The molecule has 0 bridgehead atoms. The van der Waals surface area contributed by atoms with Crippen LogP contribution in [0.3, 0.4) is 0 Å². The molecule has 3 aromatic rings. The zero-order valence-electron chi connectivity index (χ0n) is 19.4. The Morgan fingerprint density at radius 2 is 1.85 bits per heavy atom. The fourth-order valence-electron chi connectivity index (χ4n) is 4.16. The molecule has 6 nitrogen and oxygen atoms in total. The average Bonchev–Trinajstić information content (AvgIpc) is 3.18. The minimum Gasteiger partial charge on any atom is -0.353 e. The van der Waals surface area contributed by atoms with Crippen LogP contribution in [-0.4, -0.2) is 45.6 Å². The Kier molecular flexibility index (Phi) is 6.06. The summed E-state index contributed by atoms with van der Waals surface area (Å²) >= 11 is 0. The minimum atomic E-state index is -0.652. The summed E-state index contributed by atoms with van der Waals surface area (Å²) in [5.41, 5.74) is 3.80. The van der Waals surface area contributed by atoms with Crippen LogP contribution in [0.1, 0.15) is 42.5 Å². The number of carbonyl (C=O) groups is 2. The topological polar surface area (TPSA) is 67.2 Å². The molecule has 7 heteroatoms. The number of aryl methyl sites for hydroxylation is 1. The van der Waals surface area contributed by atoms with Crippen LogP contribution in [-0.2, 0) is 23.7 Å². The smallest absolute Gasteiger partial charge is 0.272 e. The molecule has 0 spiro atoms. The highest BCUT2D eigenvalue weighted by atomic mass is 19.1. The molecule has 1 atom stereocenters. The van der Waals surface area contributed by atoms with Gasteiger partial charge >= 0.3 is 0 Å². The molecule has 0 aliphatic carbocycles. The molecule has 1 unspecified atom stereocenters. The molecule has 1 aliphatic rings. The summed E-state index contributed by atoms with van der Waals surface area (Å²) in [6.07, 6.45) is 0.356. The highest BCUT2D eigenvalue weighted by Crippen LogP contribution is 2.27. The number of benzene rings is 2. The number of halogens is 1. The number of amides is 2. The van der Waals surface area contributed by atoms with Crippen molar-refractivity contribution in [1.29, 1.82) is 0 Å². The molecule has 2 amide bonds. The number of hydrogen-bond acceptors (Lipinski definition) is 3. The molecule has 1 saturated heterocycles. The van der Waals surface area contributed by atoms with E-state index in [4.69, 9.17) is 0 Å². The van der Waals surface area contributed by atoms with E-state index in [-0.39, 0.29) is 23.0 Å². The van der Waals surface area contributed by atoms with E-state index in [0.717, 1.165) is 22.4 Å². The zero-order valence-corrected chi connectivity index (χ0v) is 19.4. The third-order valence-electron chi connectivity index (χ3n) is 6.04. The zero-order chi connectivity index (χ0) is 23.8. The van der Waals surface area contributed by atoms with E-state index in [1.807, 2.05) is 51.1 Å². The Morgan fingerprint density at radius 3 is 2.52 bits per heavy atom. The molecule has 33 heavy (non-hydrogen) atoms. The highest BCUT2D eigenvalue weighted by Gasteiger charge is 2.35. The van der Waals surface area contributed by atoms with Gasteiger partial charge in [0.25, 0.3) is 5.91 Å². The number of nitrogens with zero attached hydrogens (tertiary/aromatic N) is 3. The average molecular weight is 449 g/mol. The molecule has 4 rings (SSSR count). The summed E-state index contributed by atoms with van der Waals surface area (Å²) in [5, 5.41) is 7.42. The molecule has 1 aliphatic heterocycles. The third-order valence-corrected chi connectivity index (χ3v) is 6.04. The first-order valence-electron chi connectivity index (χ1n) is 11.1. The van der Waals surface area contributed by atoms with Crippen LogP contribution >= 0.6 is 0 Å². The van der Waals surface area contributed by atoms with Crippen molar-refractivity contribution in [2.75, 3.05) is 13.1 Å². The van der Waals surface area contributed by atoms with E-state index in [0.29, 0.717) is 25.2 Å². The van der Waals surface area contributed by atoms with Crippen molar-refractivity contribution in [3.05, 3.63) is 77.4 Å². The van der Waals surface area contributed by atoms with Gasteiger partial charge < -0.3 is 10.2 Å². The van der Waals surface area contributed by atoms with Crippen LogP contribution in [0.4, 0.5) is 4.39 Å². The molecular weight excluding hydrogens is 419 g/mol. The van der Waals surface area contributed by atoms with Crippen LogP contribution in [0, 0.1) is 5.82 Å². The summed E-state index contributed by atoms with van der Waals surface area (Å²) in [7, 11) is 1.76. The Balaban J connectivity index is 1.66. The minimum absolute atomic E-state index is 0.179. The highest BCUT2D eigenvalue weighted by molar-refractivity contribution is 5.97. The number of rotatable bonds is 4. The standard InChI is InChI=1S/C26H29FN4O2/c1-26(2,3)23-16-22(30(4)29-23)25(33)31-14-13-28-24(32)21(31)15-18-7-5-6-8-20(18)17-9-11-19(27)12-10-17/h5-12,16,21H,13-15H2,1-4H3,(H,28,32). The number of hydrogen-bond donors (Lipinski definition) is 1. The van der Waals surface area contributed by atoms with Crippen molar-refractivity contribution in [1.82, 2.24) is 20.0 Å².